The zero-order valence-corrected chi connectivity index (χ0v) is 13.3. The van der Waals surface area contributed by atoms with E-state index in [0.717, 1.165) is 17.1 Å². The summed E-state index contributed by atoms with van der Waals surface area (Å²) in [5, 5.41) is 13.2. The Morgan fingerprint density at radius 3 is 2.24 bits per heavy atom. The van der Waals surface area contributed by atoms with Gasteiger partial charge in [-0.25, -0.2) is 4.79 Å². The molecule has 3 rings (SSSR count). The van der Waals surface area contributed by atoms with Crippen molar-refractivity contribution in [3.05, 3.63) is 90.0 Å². The Kier molecular flexibility index (Phi) is 5.07. The van der Waals surface area contributed by atoms with Gasteiger partial charge in [-0.1, -0.05) is 30.3 Å². The van der Waals surface area contributed by atoms with Crippen LogP contribution in [0, 0.1) is 0 Å². The topological polar surface area (TPSA) is 70.9 Å². The summed E-state index contributed by atoms with van der Waals surface area (Å²) in [5.74, 6) is 0.504. The van der Waals surface area contributed by atoms with Crippen molar-refractivity contribution in [3.8, 4) is 11.5 Å². The number of aromatic carboxylic acids is 1. The van der Waals surface area contributed by atoms with Crippen LogP contribution in [0.15, 0.2) is 84.0 Å². The van der Waals surface area contributed by atoms with Crippen LogP contribution in [-0.2, 0) is 0 Å². The number of carbonyl (C=O) groups is 1. The molecule has 0 atom stereocenters. The maximum absolute atomic E-state index is 11.1. The molecule has 5 heteroatoms. The van der Waals surface area contributed by atoms with E-state index in [2.05, 4.69) is 10.5 Å². The molecule has 0 fully saturated rings. The third-order valence-electron chi connectivity index (χ3n) is 3.42. The average molecular weight is 332 g/mol. The van der Waals surface area contributed by atoms with Crippen LogP contribution >= 0.6 is 0 Å². The fourth-order valence-corrected chi connectivity index (χ4v) is 2.19. The summed E-state index contributed by atoms with van der Waals surface area (Å²) < 4.78 is 5.72. The molecule has 0 spiro atoms. The number of anilines is 1. The van der Waals surface area contributed by atoms with Crippen LogP contribution in [0.1, 0.15) is 15.9 Å². The molecule has 0 unspecified atom stereocenters. The molecule has 0 heterocycles. The minimum Gasteiger partial charge on any atom is -0.478 e. The first-order valence-electron chi connectivity index (χ1n) is 7.67. The fourth-order valence-electron chi connectivity index (χ4n) is 2.19. The van der Waals surface area contributed by atoms with E-state index < -0.39 is 5.97 Å². The highest BCUT2D eigenvalue weighted by Gasteiger charge is 2.07. The molecule has 0 saturated carbocycles. The molecular formula is C20H16N2O3. The van der Waals surface area contributed by atoms with Gasteiger partial charge in [-0.2, -0.15) is 5.10 Å². The number of hydrogen-bond acceptors (Lipinski definition) is 4. The van der Waals surface area contributed by atoms with E-state index in [1.807, 2.05) is 54.6 Å². The number of benzene rings is 3. The molecule has 0 radical (unpaired) electrons. The Hall–Kier alpha value is -3.60. The van der Waals surface area contributed by atoms with E-state index in [1.165, 1.54) is 6.07 Å². The van der Waals surface area contributed by atoms with Crippen molar-refractivity contribution in [2.24, 2.45) is 5.10 Å². The number of carboxylic acids is 1. The highest BCUT2D eigenvalue weighted by atomic mass is 16.5. The summed E-state index contributed by atoms with van der Waals surface area (Å²) >= 11 is 0. The second-order valence-corrected chi connectivity index (χ2v) is 5.20. The van der Waals surface area contributed by atoms with Crippen molar-refractivity contribution in [1.82, 2.24) is 0 Å². The number of para-hydroxylation sites is 2. The minimum atomic E-state index is -0.999. The summed E-state index contributed by atoms with van der Waals surface area (Å²) in [6.45, 7) is 0. The van der Waals surface area contributed by atoms with Gasteiger partial charge < -0.3 is 9.84 Å². The van der Waals surface area contributed by atoms with Crippen molar-refractivity contribution < 1.29 is 14.6 Å². The quantitative estimate of drug-likeness (QED) is 0.510. The molecule has 0 aliphatic carbocycles. The number of hydrogen-bond donors (Lipinski definition) is 2. The SMILES string of the molecule is O=C(O)c1ccccc1NN=Cc1ccc(Oc2ccccc2)cc1. The van der Waals surface area contributed by atoms with Gasteiger partial charge in [-0.05, 0) is 54.1 Å². The largest absolute Gasteiger partial charge is 0.478 e. The fraction of sp³-hybridized carbons (Fsp3) is 0. The van der Waals surface area contributed by atoms with Gasteiger partial charge in [-0.3, -0.25) is 5.43 Å². The van der Waals surface area contributed by atoms with Crippen LogP contribution in [0.5, 0.6) is 11.5 Å². The Morgan fingerprint density at radius 2 is 1.52 bits per heavy atom. The van der Waals surface area contributed by atoms with Crippen LogP contribution in [0.25, 0.3) is 0 Å². The van der Waals surface area contributed by atoms with E-state index in [1.54, 1.807) is 24.4 Å². The van der Waals surface area contributed by atoms with Gasteiger partial charge in [0.15, 0.2) is 0 Å². The summed E-state index contributed by atoms with van der Waals surface area (Å²) in [7, 11) is 0. The zero-order valence-electron chi connectivity index (χ0n) is 13.3. The molecule has 3 aromatic rings. The normalized spacial score (nSPS) is 10.6. The Labute approximate surface area is 145 Å². The second kappa shape index (κ2) is 7.79. The molecule has 0 aliphatic rings. The maximum atomic E-state index is 11.1. The number of ether oxygens (including phenoxy) is 1. The highest BCUT2D eigenvalue weighted by molar-refractivity contribution is 5.94. The van der Waals surface area contributed by atoms with Gasteiger partial charge in [0.25, 0.3) is 0 Å². The predicted octanol–water partition coefficient (Wildman–Crippen LogP) is 4.62. The lowest BCUT2D eigenvalue weighted by molar-refractivity contribution is 0.0698. The van der Waals surface area contributed by atoms with Crippen molar-refractivity contribution in [2.75, 3.05) is 5.43 Å². The van der Waals surface area contributed by atoms with E-state index in [-0.39, 0.29) is 5.56 Å². The summed E-state index contributed by atoms with van der Waals surface area (Å²) in [5.41, 5.74) is 4.23. The Bertz CT molecular complexity index is 875. The van der Waals surface area contributed by atoms with Crippen LogP contribution in [-0.4, -0.2) is 17.3 Å². The standard InChI is InChI=1S/C20H16N2O3/c23-20(24)18-8-4-5-9-19(18)22-21-14-15-10-12-17(13-11-15)25-16-6-2-1-3-7-16/h1-14,22H,(H,23,24). The van der Waals surface area contributed by atoms with Gasteiger partial charge in [0.1, 0.15) is 11.5 Å². The van der Waals surface area contributed by atoms with Crippen LogP contribution in [0.3, 0.4) is 0 Å². The van der Waals surface area contributed by atoms with Gasteiger partial charge in [0, 0.05) is 0 Å². The number of hydrazone groups is 1. The molecule has 0 bridgehead atoms. The van der Waals surface area contributed by atoms with Crippen LogP contribution < -0.4 is 10.2 Å². The third kappa shape index (κ3) is 4.45. The first-order chi connectivity index (χ1) is 12.2. The number of rotatable bonds is 6. The molecule has 2 N–H and O–H groups in total. The molecule has 5 nitrogen and oxygen atoms in total. The van der Waals surface area contributed by atoms with E-state index >= 15 is 0 Å². The van der Waals surface area contributed by atoms with Gasteiger partial charge >= 0.3 is 5.97 Å². The van der Waals surface area contributed by atoms with Crippen molar-refractivity contribution in [1.29, 1.82) is 0 Å². The number of nitrogens with zero attached hydrogens (tertiary/aromatic N) is 1. The minimum absolute atomic E-state index is 0.172. The molecule has 25 heavy (non-hydrogen) atoms. The second-order valence-electron chi connectivity index (χ2n) is 5.20. The third-order valence-corrected chi connectivity index (χ3v) is 3.42. The van der Waals surface area contributed by atoms with Crippen LogP contribution in [0.4, 0.5) is 5.69 Å². The van der Waals surface area contributed by atoms with Gasteiger partial charge in [0.2, 0.25) is 0 Å². The average Bonchev–Trinajstić information content (AvgIpc) is 2.64. The van der Waals surface area contributed by atoms with Crippen molar-refractivity contribution in [2.45, 2.75) is 0 Å². The maximum Gasteiger partial charge on any atom is 0.337 e. The summed E-state index contributed by atoms with van der Waals surface area (Å²) in [6.07, 6.45) is 1.62. The molecular weight excluding hydrogens is 316 g/mol. The summed E-state index contributed by atoms with van der Waals surface area (Å²) in [4.78, 5) is 11.1. The molecule has 0 aliphatic heterocycles. The highest BCUT2D eigenvalue weighted by Crippen LogP contribution is 2.20. The summed E-state index contributed by atoms with van der Waals surface area (Å²) in [6, 6.07) is 23.6. The molecule has 0 saturated heterocycles. The number of carboxylic acid groups (broad SMARTS) is 1. The monoisotopic (exact) mass is 332 g/mol. The van der Waals surface area contributed by atoms with E-state index in [9.17, 15) is 4.79 Å². The predicted molar refractivity (Wildman–Crippen MR) is 97.6 cm³/mol. The van der Waals surface area contributed by atoms with Gasteiger partial charge in [0.05, 0.1) is 17.5 Å². The number of nitrogens with one attached hydrogen (secondary N) is 1. The molecule has 0 aromatic heterocycles. The Morgan fingerprint density at radius 1 is 0.880 bits per heavy atom. The lowest BCUT2D eigenvalue weighted by Gasteiger charge is -2.06. The Balaban J connectivity index is 1.64. The first-order valence-corrected chi connectivity index (χ1v) is 7.67. The van der Waals surface area contributed by atoms with Crippen LogP contribution in [0.2, 0.25) is 0 Å². The van der Waals surface area contributed by atoms with E-state index in [0.29, 0.717) is 5.69 Å². The lowest BCUT2D eigenvalue weighted by Crippen LogP contribution is -2.02. The molecule has 0 amide bonds. The first kappa shape index (κ1) is 16.3. The van der Waals surface area contributed by atoms with Crippen molar-refractivity contribution in [3.63, 3.8) is 0 Å². The molecule has 3 aromatic carbocycles. The van der Waals surface area contributed by atoms with Crippen molar-refractivity contribution >= 4 is 17.9 Å². The van der Waals surface area contributed by atoms with Gasteiger partial charge in [-0.15, -0.1) is 0 Å². The smallest absolute Gasteiger partial charge is 0.337 e. The zero-order chi connectivity index (χ0) is 17.5. The van der Waals surface area contributed by atoms with E-state index in [4.69, 9.17) is 9.84 Å². The lowest BCUT2D eigenvalue weighted by atomic mass is 10.2. The molecule has 124 valence electrons.